The number of nitriles is 2. The molecule has 0 spiro atoms. The summed E-state index contributed by atoms with van der Waals surface area (Å²) in [4.78, 5) is 0. The largest absolute Gasteiger partial charge is 0.192 e. The minimum absolute atomic E-state index is 0.181. The van der Waals surface area contributed by atoms with Gasteiger partial charge in [0.25, 0.3) is 0 Å². The predicted octanol–water partition coefficient (Wildman–Crippen LogP) is 3.48. The Morgan fingerprint density at radius 3 is 1.67 bits per heavy atom. The van der Waals surface area contributed by atoms with E-state index in [0.717, 1.165) is 11.8 Å². The standard InChI is InChI=1S/C6Cl2N4S3/c7-14-11-5-3(1-9)4(2-10)6(13-5)12-15-8/b11-5-,12-6+. The van der Waals surface area contributed by atoms with Crippen molar-refractivity contribution >= 4 is 65.5 Å². The van der Waals surface area contributed by atoms with Crippen LogP contribution in [0, 0.1) is 22.7 Å². The van der Waals surface area contributed by atoms with Crippen LogP contribution in [0.3, 0.4) is 0 Å². The van der Waals surface area contributed by atoms with Crippen LogP contribution < -0.4 is 0 Å². The average Bonchev–Trinajstić information content (AvgIpc) is 2.56. The quantitative estimate of drug-likeness (QED) is 0.729. The summed E-state index contributed by atoms with van der Waals surface area (Å²) in [5, 5.41) is 18.4. The van der Waals surface area contributed by atoms with Crippen LogP contribution in [0.4, 0.5) is 0 Å². The van der Waals surface area contributed by atoms with Crippen LogP contribution in [0.5, 0.6) is 0 Å². The first kappa shape index (κ1) is 12.8. The molecular formula is C6Cl2N4S3. The molecule has 4 nitrogen and oxygen atoms in total. The highest BCUT2D eigenvalue weighted by Crippen LogP contribution is 2.33. The Hall–Kier alpha value is -0.310. The van der Waals surface area contributed by atoms with Gasteiger partial charge in [0.15, 0.2) is 0 Å². The molecule has 1 heterocycles. The van der Waals surface area contributed by atoms with Crippen molar-refractivity contribution in [3.63, 3.8) is 0 Å². The summed E-state index contributed by atoms with van der Waals surface area (Å²) in [6.45, 7) is 0. The zero-order valence-corrected chi connectivity index (χ0v) is 10.7. The van der Waals surface area contributed by atoms with E-state index in [1.807, 2.05) is 12.1 Å². The van der Waals surface area contributed by atoms with Gasteiger partial charge >= 0.3 is 0 Å². The van der Waals surface area contributed by atoms with E-state index in [4.69, 9.17) is 31.9 Å². The molecule has 1 aliphatic rings. The van der Waals surface area contributed by atoms with E-state index in [2.05, 4.69) is 8.80 Å². The van der Waals surface area contributed by atoms with E-state index >= 15 is 0 Å². The molecule has 76 valence electrons. The molecule has 0 aromatic rings. The molecule has 1 aliphatic heterocycles. The van der Waals surface area contributed by atoms with Crippen LogP contribution in [0.2, 0.25) is 0 Å². The molecule has 0 atom stereocenters. The second-order valence-electron chi connectivity index (χ2n) is 2.01. The molecule has 15 heavy (non-hydrogen) atoms. The average molecular weight is 295 g/mol. The fourth-order valence-electron chi connectivity index (χ4n) is 0.806. The molecule has 0 amide bonds. The first-order chi connectivity index (χ1) is 7.28. The maximum absolute atomic E-state index is 8.85. The van der Waals surface area contributed by atoms with Gasteiger partial charge in [-0.3, -0.25) is 0 Å². The summed E-state index contributed by atoms with van der Waals surface area (Å²) in [5.41, 5.74) is 0.361. The van der Waals surface area contributed by atoms with Gasteiger partial charge in [0.1, 0.15) is 33.4 Å². The monoisotopic (exact) mass is 294 g/mol. The minimum Gasteiger partial charge on any atom is -0.192 e. The van der Waals surface area contributed by atoms with Crippen LogP contribution in [0.1, 0.15) is 0 Å². The lowest BCUT2D eigenvalue weighted by atomic mass is 10.2. The summed E-state index contributed by atoms with van der Waals surface area (Å²) in [6.07, 6.45) is 0. The third kappa shape index (κ3) is 2.83. The molecule has 0 bridgehead atoms. The van der Waals surface area contributed by atoms with Gasteiger partial charge < -0.3 is 0 Å². The summed E-state index contributed by atoms with van der Waals surface area (Å²) in [5.74, 6) is 0. The zero-order chi connectivity index (χ0) is 11.3. The lowest BCUT2D eigenvalue weighted by molar-refractivity contribution is 1.48. The Morgan fingerprint density at radius 1 is 1.00 bits per heavy atom. The highest BCUT2D eigenvalue weighted by atomic mass is 35.7. The fourth-order valence-corrected chi connectivity index (χ4v) is 2.98. The van der Waals surface area contributed by atoms with Crippen molar-refractivity contribution in [2.45, 2.75) is 0 Å². The molecule has 0 saturated carbocycles. The number of thioether (sulfide) groups is 1. The molecule has 0 aromatic heterocycles. The van der Waals surface area contributed by atoms with Crippen LogP contribution in [-0.2, 0) is 0 Å². The second-order valence-corrected chi connectivity index (χ2v) is 4.45. The molecule has 0 aliphatic carbocycles. The van der Waals surface area contributed by atoms with Crippen molar-refractivity contribution < 1.29 is 0 Å². The first-order valence-corrected chi connectivity index (χ1v) is 7.24. The molecule has 1 rings (SSSR count). The fraction of sp³-hybridized carbons (Fsp3) is 0. The molecule has 9 heteroatoms. The minimum atomic E-state index is 0.181. The van der Waals surface area contributed by atoms with Gasteiger partial charge in [-0.05, 0) is 33.1 Å². The van der Waals surface area contributed by atoms with Gasteiger partial charge in [0.2, 0.25) is 0 Å². The molecule has 0 saturated heterocycles. The predicted molar refractivity (Wildman–Crippen MR) is 67.6 cm³/mol. The van der Waals surface area contributed by atoms with E-state index in [0.29, 0.717) is 32.4 Å². The second kappa shape index (κ2) is 6.31. The van der Waals surface area contributed by atoms with E-state index in [9.17, 15) is 0 Å². The van der Waals surface area contributed by atoms with Gasteiger partial charge in [0.05, 0.1) is 22.3 Å². The normalized spacial score (nSPS) is 20.8. The molecule has 0 fully saturated rings. The lowest BCUT2D eigenvalue weighted by Crippen LogP contribution is -1.90. The molecule has 0 N–H and O–H groups in total. The van der Waals surface area contributed by atoms with E-state index < -0.39 is 0 Å². The number of hydrogen-bond donors (Lipinski definition) is 0. The van der Waals surface area contributed by atoms with Crippen molar-refractivity contribution in [2.75, 3.05) is 0 Å². The summed E-state index contributed by atoms with van der Waals surface area (Å²) < 4.78 is 7.61. The van der Waals surface area contributed by atoms with Gasteiger partial charge in [-0.1, -0.05) is 0 Å². The smallest absolute Gasteiger partial charge is 0.131 e. The van der Waals surface area contributed by atoms with E-state index in [-0.39, 0.29) is 11.1 Å². The highest BCUT2D eigenvalue weighted by Gasteiger charge is 2.29. The Kier molecular flexibility index (Phi) is 5.37. The highest BCUT2D eigenvalue weighted by molar-refractivity contribution is 8.30. The van der Waals surface area contributed by atoms with Gasteiger partial charge in [-0.25, -0.2) is 0 Å². The SMILES string of the molecule is N#CC1=C(C#N)C(=N\SCl)/S/C1=N\SCl. The number of rotatable bonds is 2. The van der Waals surface area contributed by atoms with Gasteiger partial charge in [-0.15, -0.1) is 0 Å². The maximum Gasteiger partial charge on any atom is 0.131 e. The van der Waals surface area contributed by atoms with Crippen molar-refractivity contribution in [1.82, 2.24) is 0 Å². The zero-order valence-electron chi connectivity index (χ0n) is 6.77. The third-order valence-electron chi connectivity index (χ3n) is 1.33. The van der Waals surface area contributed by atoms with Crippen molar-refractivity contribution in [1.29, 1.82) is 10.5 Å². The Bertz CT molecular complexity index is 402. The Morgan fingerprint density at radius 2 is 1.40 bits per heavy atom. The number of hydrogen-bond acceptors (Lipinski definition) is 7. The van der Waals surface area contributed by atoms with Gasteiger partial charge in [-0.2, -0.15) is 19.3 Å². The van der Waals surface area contributed by atoms with E-state index in [1.54, 1.807) is 0 Å². The summed E-state index contributed by atoms with van der Waals surface area (Å²) in [6, 6.07) is 3.78. The molecule has 0 unspecified atom stereocenters. The van der Waals surface area contributed by atoms with Crippen LogP contribution >= 0.6 is 55.4 Å². The van der Waals surface area contributed by atoms with E-state index in [1.165, 1.54) is 0 Å². The summed E-state index contributed by atoms with van der Waals surface area (Å²) in [7, 11) is 10.7. The van der Waals surface area contributed by atoms with Crippen LogP contribution in [0.25, 0.3) is 0 Å². The maximum atomic E-state index is 8.85. The molecular weight excluding hydrogens is 295 g/mol. The molecule has 0 radical (unpaired) electrons. The number of nitrogens with zero attached hydrogens (tertiary/aromatic N) is 4. The number of halogens is 2. The van der Waals surface area contributed by atoms with Crippen molar-refractivity contribution in [3.05, 3.63) is 11.1 Å². The Labute approximate surface area is 108 Å². The Balaban J connectivity index is 3.24. The lowest BCUT2D eigenvalue weighted by Gasteiger charge is -1.90. The third-order valence-corrected chi connectivity index (χ3v) is 3.46. The van der Waals surface area contributed by atoms with Crippen molar-refractivity contribution in [3.8, 4) is 12.1 Å². The topological polar surface area (TPSA) is 72.3 Å². The van der Waals surface area contributed by atoms with Crippen LogP contribution in [-0.4, -0.2) is 10.1 Å². The van der Waals surface area contributed by atoms with Gasteiger partial charge in [0, 0.05) is 0 Å². The van der Waals surface area contributed by atoms with Crippen molar-refractivity contribution in [2.24, 2.45) is 8.80 Å². The summed E-state index contributed by atoms with van der Waals surface area (Å²) >= 11 is 2.50. The van der Waals surface area contributed by atoms with Crippen LogP contribution in [0.15, 0.2) is 19.9 Å². The molecule has 0 aromatic carbocycles. The first-order valence-electron chi connectivity index (χ1n) is 3.23.